The zero-order chi connectivity index (χ0) is 24.3. The summed E-state index contributed by atoms with van der Waals surface area (Å²) in [6.45, 7) is 1.42. The molecule has 1 N–H and O–H groups in total. The van der Waals surface area contributed by atoms with Gasteiger partial charge in [-0.2, -0.15) is 0 Å². The van der Waals surface area contributed by atoms with Crippen molar-refractivity contribution in [3.8, 4) is 0 Å². The Kier molecular flexibility index (Phi) is 7.66. The Hall–Kier alpha value is -2.62. The molecule has 0 fully saturated rings. The lowest BCUT2D eigenvalue weighted by atomic mass is 10.1. The maximum Gasteiger partial charge on any atom is 0.269 e. The number of nitrogens with one attached hydrogen (secondary N) is 1. The molecule has 11 heteroatoms. The lowest BCUT2D eigenvalue weighted by Gasteiger charge is -2.29. The average molecular weight is 512 g/mol. The number of rotatable bonds is 8. The van der Waals surface area contributed by atoms with Crippen LogP contribution in [0.4, 0.5) is 0 Å². The van der Waals surface area contributed by atoms with E-state index in [1.807, 2.05) is 0 Å². The molecule has 3 amide bonds. The Morgan fingerprint density at radius 3 is 2.33 bits per heavy atom. The molecule has 0 radical (unpaired) electrons. The summed E-state index contributed by atoms with van der Waals surface area (Å²) in [5.74, 6) is -1.39. The predicted molar refractivity (Wildman–Crippen MR) is 124 cm³/mol. The molecule has 2 aromatic carbocycles. The van der Waals surface area contributed by atoms with Gasteiger partial charge in [0.2, 0.25) is 11.8 Å². The fourth-order valence-corrected chi connectivity index (χ4v) is 5.74. The number of fused-ring (bicyclic) bond motifs is 1. The van der Waals surface area contributed by atoms with E-state index in [0.717, 1.165) is 4.31 Å². The quantitative estimate of drug-likeness (QED) is 0.586. The van der Waals surface area contributed by atoms with Gasteiger partial charge in [0, 0.05) is 42.2 Å². The van der Waals surface area contributed by atoms with E-state index in [-0.39, 0.29) is 42.3 Å². The largest absolute Gasteiger partial charge is 0.357 e. The van der Waals surface area contributed by atoms with Gasteiger partial charge in [-0.3, -0.25) is 14.4 Å². The SMILES string of the molecule is CNC(=O)C(C)N(Cc1c(Cl)cccc1Cl)C(=O)CCCN1C(=O)c2ccccc2S1(=O)=O. The van der Waals surface area contributed by atoms with Gasteiger partial charge in [0.25, 0.3) is 15.9 Å². The first-order chi connectivity index (χ1) is 15.6. The Labute approximate surface area is 202 Å². The minimum atomic E-state index is -3.95. The van der Waals surface area contributed by atoms with E-state index in [1.54, 1.807) is 37.3 Å². The molecule has 8 nitrogen and oxygen atoms in total. The Morgan fingerprint density at radius 1 is 1.09 bits per heavy atom. The first-order valence-electron chi connectivity index (χ1n) is 10.2. The van der Waals surface area contributed by atoms with Crippen LogP contribution in [-0.4, -0.2) is 55.0 Å². The van der Waals surface area contributed by atoms with Crippen molar-refractivity contribution in [1.29, 1.82) is 0 Å². The summed E-state index contributed by atoms with van der Waals surface area (Å²) in [6, 6.07) is 10.1. The van der Waals surface area contributed by atoms with Crippen molar-refractivity contribution >= 4 is 50.9 Å². The molecule has 1 aliphatic rings. The number of hydrogen-bond acceptors (Lipinski definition) is 5. The Balaban J connectivity index is 1.74. The molecule has 1 aliphatic heterocycles. The van der Waals surface area contributed by atoms with E-state index in [9.17, 15) is 22.8 Å². The summed E-state index contributed by atoms with van der Waals surface area (Å²) in [6.07, 6.45) is 0.00403. The molecule has 1 atom stereocenters. The summed E-state index contributed by atoms with van der Waals surface area (Å²) in [7, 11) is -2.48. The number of sulfonamides is 1. The number of carbonyl (C=O) groups is 3. The minimum absolute atomic E-state index is 0.00168. The highest BCUT2D eigenvalue weighted by Crippen LogP contribution is 2.30. The second kappa shape index (κ2) is 10.1. The summed E-state index contributed by atoms with van der Waals surface area (Å²) in [5, 5.41) is 3.23. The fourth-order valence-electron chi connectivity index (χ4n) is 3.61. The number of nitrogens with zero attached hydrogens (tertiary/aromatic N) is 2. The van der Waals surface area contributed by atoms with Gasteiger partial charge < -0.3 is 10.2 Å². The van der Waals surface area contributed by atoms with Crippen molar-refractivity contribution in [2.24, 2.45) is 0 Å². The monoisotopic (exact) mass is 511 g/mol. The highest BCUT2D eigenvalue weighted by atomic mass is 35.5. The number of hydrogen-bond donors (Lipinski definition) is 1. The van der Waals surface area contributed by atoms with Crippen LogP contribution in [0, 0.1) is 0 Å². The van der Waals surface area contributed by atoms with E-state index in [4.69, 9.17) is 23.2 Å². The van der Waals surface area contributed by atoms with Gasteiger partial charge in [-0.1, -0.05) is 41.4 Å². The zero-order valence-electron chi connectivity index (χ0n) is 18.0. The number of likely N-dealkylation sites (N-methyl/N-ethyl adjacent to an activating group) is 1. The van der Waals surface area contributed by atoms with E-state index in [1.165, 1.54) is 24.1 Å². The Morgan fingerprint density at radius 2 is 1.73 bits per heavy atom. The highest BCUT2D eigenvalue weighted by Gasteiger charge is 2.40. The molecule has 0 aromatic heterocycles. The predicted octanol–water partition coefficient (Wildman–Crippen LogP) is 3.08. The summed E-state index contributed by atoms with van der Waals surface area (Å²) >= 11 is 12.5. The smallest absolute Gasteiger partial charge is 0.269 e. The third-order valence-electron chi connectivity index (χ3n) is 5.47. The molecular formula is C22H23Cl2N3O5S. The van der Waals surface area contributed by atoms with Gasteiger partial charge in [-0.05, 0) is 37.6 Å². The lowest BCUT2D eigenvalue weighted by molar-refractivity contribution is -0.140. The second-order valence-corrected chi connectivity index (χ2v) is 10.1. The van der Waals surface area contributed by atoms with Gasteiger partial charge in [0.05, 0.1) is 5.56 Å². The summed E-state index contributed by atoms with van der Waals surface area (Å²) in [5.41, 5.74) is 0.615. The lowest BCUT2D eigenvalue weighted by Crippen LogP contribution is -2.47. The van der Waals surface area contributed by atoms with Crippen LogP contribution in [-0.2, 0) is 26.2 Å². The van der Waals surface area contributed by atoms with Crippen molar-refractivity contribution in [2.45, 2.75) is 37.2 Å². The van der Waals surface area contributed by atoms with Crippen LogP contribution in [0.2, 0.25) is 10.0 Å². The van der Waals surface area contributed by atoms with Gasteiger partial charge in [0.15, 0.2) is 0 Å². The van der Waals surface area contributed by atoms with Crippen molar-refractivity contribution < 1.29 is 22.8 Å². The topological polar surface area (TPSA) is 104 Å². The van der Waals surface area contributed by atoms with Crippen molar-refractivity contribution in [2.75, 3.05) is 13.6 Å². The molecule has 1 heterocycles. The van der Waals surface area contributed by atoms with Crippen LogP contribution in [0.15, 0.2) is 47.4 Å². The maximum atomic E-state index is 13.1. The van der Waals surface area contributed by atoms with E-state index in [2.05, 4.69) is 5.32 Å². The van der Waals surface area contributed by atoms with Crippen molar-refractivity contribution in [1.82, 2.24) is 14.5 Å². The van der Waals surface area contributed by atoms with Gasteiger partial charge in [-0.25, -0.2) is 12.7 Å². The van der Waals surface area contributed by atoms with Crippen LogP contribution >= 0.6 is 23.2 Å². The molecule has 0 saturated carbocycles. The first-order valence-corrected chi connectivity index (χ1v) is 12.4. The normalized spacial score (nSPS) is 15.2. The molecule has 3 rings (SSSR count). The fraction of sp³-hybridized carbons (Fsp3) is 0.318. The maximum absolute atomic E-state index is 13.1. The molecule has 0 aliphatic carbocycles. The van der Waals surface area contributed by atoms with Gasteiger partial charge in [0.1, 0.15) is 10.9 Å². The third kappa shape index (κ3) is 5.00. The molecule has 0 saturated heterocycles. The number of halogens is 2. The molecule has 0 spiro atoms. The standard InChI is InChI=1S/C22H23Cl2N3O5S/c1-14(21(29)25-2)26(13-16-17(23)8-5-9-18(16)24)20(28)11-6-12-27-22(30)15-7-3-4-10-19(15)33(27,31)32/h3-5,7-10,14H,6,11-13H2,1-2H3,(H,25,29). The van der Waals surface area contributed by atoms with Crippen molar-refractivity contribution in [3.63, 3.8) is 0 Å². The summed E-state index contributed by atoms with van der Waals surface area (Å²) in [4.78, 5) is 39.2. The molecule has 2 aromatic rings. The molecule has 1 unspecified atom stereocenters. The molecule has 176 valence electrons. The van der Waals surface area contributed by atoms with Crippen LogP contribution in [0.3, 0.4) is 0 Å². The molecule has 33 heavy (non-hydrogen) atoms. The third-order valence-corrected chi connectivity index (χ3v) is 8.02. The average Bonchev–Trinajstić information content (AvgIpc) is 2.98. The van der Waals surface area contributed by atoms with E-state index >= 15 is 0 Å². The Bertz CT molecular complexity index is 1180. The van der Waals surface area contributed by atoms with Gasteiger partial charge >= 0.3 is 0 Å². The minimum Gasteiger partial charge on any atom is -0.357 e. The van der Waals surface area contributed by atoms with Crippen LogP contribution in [0.5, 0.6) is 0 Å². The van der Waals surface area contributed by atoms with E-state index in [0.29, 0.717) is 15.6 Å². The summed E-state index contributed by atoms with van der Waals surface area (Å²) < 4.78 is 26.1. The molecule has 0 bridgehead atoms. The number of benzene rings is 2. The van der Waals surface area contributed by atoms with Crippen LogP contribution in [0.25, 0.3) is 0 Å². The van der Waals surface area contributed by atoms with Crippen LogP contribution < -0.4 is 5.32 Å². The zero-order valence-corrected chi connectivity index (χ0v) is 20.4. The first kappa shape index (κ1) is 25.0. The number of carbonyl (C=O) groups excluding carboxylic acids is 3. The van der Waals surface area contributed by atoms with Crippen molar-refractivity contribution in [3.05, 3.63) is 63.6 Å². The van der Waals surface area contributed by atoms with E-state index < -0.39 is 27.9 Å². The van der Waals surface area contributed by atoms with Gasteiger partial charge in [-0.15, -0.1) is 0 Å². The molecular weight excluding hydrogens is 489 g/mol. The number of amides is 3. The second-order valence-electron chi connectivity index (χ2n) is 7.49. The van der Waals surface area contributed by atoms with Crippen LogP contribution in [0.1, 0.15) is 35.7 Å². The highest BCUT2D eigenvalue weighted by molar-refractivity contribution is 7.90.